The topological polar surface area (TPSA) is 104 Å². The summed E-state index contributed by atoms with van der Waals surface area (Å²) in [7, 11) is 0. The highest BCUT2D eigenvalue weighted by molar-refractivity contribution is 5.21. The number of aliphatic hydroxyl groups is 5. The van der Waals surface area contributed by atoms with E-state index in [0.717, 1.165) is 0 Å². The van der Waals surface area contributed by atoms with E-state index in [2.05, 4.69) is 0 Å². The monoisotopic (exact) mass is 219 g/mol. The lowest BCUT2D eigenvalue weighted by Gasteiger charge is -2.44. The molecule has 2 fully saturated rings. The number of piperidine rings is 1. The lowest BCUT2D eigenvalue weighted by Crippen LogP contribution is -2.64. The Morgan fingerprint density at radius 1 is 1.20 bits per heavy atom. The first-order valence-electron chi connectivity index (χ1n) is 5.12. The van der Waals surface area contributed by atoms with Crippen LogP contribution < -0.4 is 0 Å². The van der Waals surface area contributed by atoms with Crippen LogP contribution >= 0.6 is 0 Å². The summed E-state index contributed by atoms with van der Waals surface area (Å²) in [5.74, 6) is 0. The Kier molecular flexibility index (Phi) is 2.74. The summed E-state index contributed by atoms with van der Waals surface area (Å²) in [5.41, 5.74) is -0.860. The molecule has 2 aliphatic rings. The Morgan fingerprint density at radius 2 is 1.80 bits per heavy atom. The Morgan fingerprint density at radius 3 is 2.27 bits per heavy atom. The summed E-state index contributed by atoms with van der Waals surface area (Å²) < 4.78 is 0. The highest BCUT2D eigenvalue weighted by Gasteiger charge is 2.66. The fraction of sp³-hybridized carbons (Fsp3) is 1.00. The summed E-state index contributed by atoms with van der Waals surface area (Å²) in [4.78, 5) is 1.65. The van der Waals surface area contributed by atoms with Crippen LogP contribution in [0.1, 0.15) is 6.42 Å². The molecule has 6 heteroatoms. The van der Waals surface area contributed by atoms with Gasteiger partial charge in [0.05, 0.1) is 24.4 Å². The van der Waals surface area contributed by atoms with Crippen LogP contribution in [0.4, 0.5) is 0 Å². The van der Waals surface area contributed by atoms with Gasteiger partial charge in [-0.1, -0.05) is 0 Å². The SMILES string of the molecule is OCCN1C[C@H](O)[C@@H](O)[C@H](O)C12CC2O. The number of likely N-dealkylation sites (tertiary alicyclic amines) is 1. The Balaban J connectivity index is 2.17. The standard InChI is InChI=1S/C9H17NO5/c11-2-1-10-4-5(12)7(14)8(15)9(10)3-6(9)13/h5-8,11-15H,1-4H2/t5-,6?,7+,8-,9?/m0/s1. The predicted octanol–water partition coefficient (Wildman–Crippen LogP) is -3.12. The van der Waals surface area contributed by atoms with Crippen LogP contribution in [0.5, 0.6) is 0 Å². The van der Waals surface area contributed by atoms with E-state index in [0.29, 0.717) is 6.42 Å². The maximum absolute atomic E-state index is 9.81. The van der Waals surface area contributed by atoms with Crippen molar-refractivity contribution in [1.29, 1.82) is 0 Å². The van der Waals surface area contributed by atoms with Gasteiger partial charge >= 0.3 is 0 Å². The first kappa shape index (κ1) is 11.3. The van der Waals surface area contributed by atoms with Crippen molar-refractivity contribution >= 4 is 0 Å². The molecule has 1 spiro atoms. The van der Waals surface area contributed by atoms with E-state index in [-0.39, 0.29) is 19.7 Å². The predicted molar refractivity (Wildman–Crippen MR) is 50.0 cm³/mol. The average Bonchev–Trinajstić information content (AvgIpc) is 2.86. The van der Waals surface area contributed by atoms with Crippen LogP contribution in [0.3, 0.4) is 0 Å². The molecule has 5 N–H and O–H groups in total. The van der Waals surface area contributed by atoms with Gasteiger partial charge in [-0.3, -0.25) is 4.90 Å². The minimum absolute atomic E-state index is 0.107. The first-order valence-corrected chi connectivity index (χ1v) is 5.12. The maximum atomic E-state index is 9.81. The van der Waals surface area contributed by atoms with Gasteiger partial charge in [0, 0.05) is 13.1 Å². The van der Waals surface area contributed by atoms with E-state index in [9.17, 15) is 20.4 Å². The summed E-state index contributed by atoms with van der Waals surface area (Å²) in [6, 6.07) is 0. The molecule has 2 rings (SSSR count). The molecule has 1 saturated carbocycles. The number of nitrogens with zero attached hydrogens (tertiary/aromatic N) is 1. The van der Waals surface area contributed by atoms with Gasteiger partial charge in [0.2, 0.25) is 0 Å². The van der Waals surface area contributed by atoms with E-state index >= 15 is 0 Å². The number of hydrogen-bond acceptors (Lipinski definition) is 6. The quantitative estimate of drug-likeness (QED) is 0.336. The normalized spacial score (nSPS) is 51.0. The molecule has 1 heterocycles. The smallest absolute Gasteiger partial charge is 0.109 e. The summed E-state index contributed by atoms with van der Waals surface area (Å²) >= 11 is 0. The minimum atomic E-state index is -1.22. The molecule has 5 atom stereocenters. The lowest BCUT2D eigenvalue weighted by molar-refractivity contribution is -0.155. The second-order valence-electron chi connectivity index (χ2n) is 4.38. The lowest BCUT2D eigenvalue weighted by atomic mass is 9.91. The van der Waals surface area contributed by atoms with Crippen molar-refractivity contribution in [2.45, 2.75) is 36.4 Å². The molecule has 1 aliphatic carbocycles. The molecule has 88 valence electrons. The van der Waals surface area contributed by atoms with E-state index in [1.54, 1.807) is 4.90 Å². The van der Waals surface area contributed by atoms with Crippen molar-refractivity contribution in [2.24, 2.45) is 0 Å². The van der Waals surface area contributed by atoms with Crippen molar-refractivity contribution in [3.05, 3.63) is 0 Å². The van der Waals surface area contributed by atoms with Gasteiger partial charge in [0.25, 0.3) is 0 Å². The summed E-state index contributed by atoms with van der Waals surface area (Å²) in [6.07, 6.45) is -3.75. The molecule has 15 heavy (non-hydrogen) atoms. The highest BCUT2D eigenvalue weighted by Crippen LogP contribution is 2.48. The molecule has 0 radical (unpaired) electrons. The van der Waals surface area contributed by atoms with Crippen LogP contribution in [-0.2, 0) is 0 Å². The van der Waals surface area contributed by atoms with E-state index in [1.165, 1.54) is 0 Å². The van der Waals surface area contributed by atoms with Crippen LogP contribution in [0.15, 0.2) is 0 Å². The van der Waals surface area contributed by atoms with E-state index < -0.39 is 30.0 Å². The molecular weight excluding hydrogens is 202 g/mol. The molecule has 1 saturated heterocycles. The molecule has 2 unspecified atom stereocenters. The van der Waals surface area contributed by atoms with Gasteiger partial charge in [-0.25, -0.2) is 0 Å². The third kappa shape index (κ3) is 1.49. The average molecular weight is 219 g/mol. The molecule has 0 aromatic rings. The van der Waals surface area contributed by atoms with Crippen molar-refractivity contribution in [2.75, 3.05) is 19.7 Å². The fourth-order valence-electron chi connectivity index (χ4n) is 2.53. The van der Waals surface area contributed by atoms with Crippen molar-refractivity contribution in [3.8, 4) is 0 Å². The zero-order valence-electron chi connectivity index (χ0n) is 8.32. The van der Waals surface area contributed by atoms with Gasteiger partial charge in [-0.2, -0.15) is 0 Å². The Bertz CT molecular complexity index is 251. The zero-order valence-corrected chi connectivity index (χ0v) is 8.32. The molecule has 0 aromatic carbocycles. The van der Waals surface area contributed by atoms with Gasteiger partial charge in [-0.15, -0.1) is 0 Å². The van der Waals surface area contributed by atoms with Crippen molar-refractivity contribution in [3.63, 3.8) is 0 Å². The number of β-amino-alcohol motifs (C(OH)–C–C–N with tert-alkyl or cyclic N) is 2. The third-order valence-electron chi connectivity index (χ3n) is 3.53. The fourth-order valence-corrected chi connectivity index (χ4v) is 2.53. The first-order chi connectivity index (χ1) is 7.04. The van der Waals surface area contributed by atoms with Gasteiger partial charge in [0.15, 0.2) is 0 Å². The second-order valence-corrected chi connectivity index (χ2v) is 4.38. The maximum Gasteiger partial charge on any atom is 0.109 e. The van der Waals surface area contributed by atoms with E-state index in [1.807, 2.05) is 0 Å². The van der Waals surface area contributed by atoms with Crippen molar-refractivity contribution < 1.29 is 25.5 Å². The third-order valence-corrected chi connectivity index (χ3v) is 3.53. The van der Waals surface area contributed by atoms with Gasteiger partial charge in [-0.05, 0) is 6.42 Å². The molecular formula is C9H17NO5. The Hall–Kier alpha value is -0.240. The summed E-state index contributed by atoms with van der Waals surface area (Å²) in [6.45, 7) is 0.331. The van der Waals surface area contributed by atoms with Gasteiger partial charge < -0.3 is 25.5 Å². The molecule has 0 aromatic heterocycles. The highest BCUT2D eigenvalue weighted by atomic mass is 16.4. The number of aliphatic hydroxyl groups excluding tert-OH is 5. The number of rotatable bonds is 2. The van der Waals surface area contributed by atoms with Crippen LogP contribution in [0, 0.1) is 0 Å². The minimum Gasteiger partial charge on any atom is -0.395 e. The van der Waals surface area contributed by atoms with Crippen LogP contribution in [0.25, 0.3) is 0 Å². The molecule has 0 amide bonds. The molecule has 6 nitrogen and oxygen atoms in total. The van der Waals surface area contributed by atoms with Crippen LogP contribution in [-0.4, -0.2) is 80.1 Å². The molecule has 1 aliphatic heterocycles. The zero-order chi connectivity index (χ0) is 11.2. The largest absolute Gasteiger partial charge is 0.395 e. The van der Waals surface area contributed by atoms with E-state index in [4.69, 9.17) is 5.11 Å². The van der Waals surface area contributed by atoms with Gasteiger partial charge in [0.1, 0.15) is 12.2 Å². The summed E-state index contributed by atoms with van der Waals surface area (Å²) in [5, 5.41) is 47.2. The number of hydrogen-bond donors (Lipinski definition) is 5. The van der Waals surface area contributed by atoms with Crippen LogP contribution in [0.2, 0.25) is 0 Å². The van der Waals surface area contributed by atoms with Crippen molar-refractivity contribution in [1.82, 2.24) is 4.90 Å². The Labute approximate surface area is 87.4 Å². The second kappa shape index (κ2) is 3.65. The molecule has 0 bridgehead atoms.